The normalized spacial score (nSPS) is 10.5. The summed E-state index contributed by atoms with van der Waals surface area (Å²) in [5, 5.41) is 5.04. The zero-order chi connectivity index (χ0) is 23.1. The van der Waals surface area contributed by atoms with Gasteiger partial charge in [0.05, 0.1) is 13.7 Å². The largest absolute Gasteiger partial charge is 0.496 e. The van der Waals surface area contributed by atoms with Gasteiger partial charge in [0.1, 0.15) is 22.1 Å². The zero-order valence-electron chi connectivity index (χ0n) is 18.7. The Bertz CT molecular complexity index is 1110. The molecule has 1 heterocycles. The molecule has 0 bridgehead atoms. The third kappa shape index (κ3) is 5.48. The van der Waals surface area contributed by atoms with E-state index in [0.717, 1.165) is 23.1 Å². The van der Waals surface area contributed by atoms with Gasteiger partial charge in [-0.3, -0.25) is 4.79 Å². The number of anilines is 1. The minimum atomic E-state index is -0.501. The number of esters is 1. The zero-order valence-corrected chi connectivity index (χ0v) is 19.5. The van der Waals surface area contributed by atoms with Crippen molar-refractivity contribution in [2.75, 3.05) is 25.6 Å². The van der Waals surface area contributed by atoms with Gasteiger partial charge in [-0.15, -0.1) is 11.3 Å². The summed E-state index contributed by atoms with van der Waals surface area (Å²) in [5.74, 6) is 0.402. The number of aryl methyl sites for hydroxylation is 2. The SMILES string of the molecule is CCOC(=O)c1c(-c2cc(C)ccc2OC)csc1NC(=O)COc1cccc(CC)c1. The maximum Gasteiger partial charge on any atom is 0.341 e. The fourth-order valence-electron chi connectivity index (χ4n) is 3.25. The average Bonchev–Trinajstić information content (AvgIpc) is 3.21. The third-order valence-electron chi connectivity index (χ3n) is 4.85. The Morgan fingerprint density at radius 3 is 2.59 bits per heavy atom. The number of ether oxygens (including phenoxy) is 3. The van der Waals surface area contributed by atoms with E-state index in [1.165, 1.54) is 11.3 Å². The first-order valence-corrected chi connectivity index (χ1v) is 11.3. The van der Waals surface area contributed by atoms with Gasteiger partial charge >= 0.3 is 5.97 Å². The number of benzene rings is 2. The van der Waals surface area contributed by atoms with Gasteiger partial charge in [0.15, 0.2) is 6.61 Å². The van der Waals surface area contributed by atoms with Crippen LogP contribution in [0.1, 0.15) is 35.3 Å². The van der Waals surface area contributed by atoms with Gasteiger partial charge in [0.2, 0.25) is 0 Å². The Labute approximate surface area is 192 Å². The van der Waals surface area contributed by atoms with Crippen LogP contribution in [0.15, 0.2) is 47.8 Å². The fourth-order valence-corrected chi connectivity index (χ4v) is 4.22. The molecule has 32 heavy (non-hydrogen) atoms. The molecule has 0 aliphatic heterocycles. The molecule has 0 aliphatic rings. The van der Waals surface area contributed by atoms with Gasteiger partial charge < -0.3 is 19.5 Å². The van der Waals surface area contributed by atoms with Gasteiger partial charge in [-0.2, -0.15) is 0 Å². The van der Waals surface area contributed by atoms with Crippen molar-refractivity contribution in [2.45, 2.75) is 27.2 Å². The first kappa shape index (κ1) is 23.3. The molecule has 3 rings (SSSR count). The molecule has 0 fully saturated rings. The predicted octanol–water partition coefficient (Wildman–Crippen LogP) is 5.49. The van der Waals surface area contributed by atoms with E-state index >= 15 is 0 Å². The smallest absolute Gasteiger partial charge is 0.341 e. The predicted molar refractivity (Wildman–Crippen MR) is 127 cm³/mol. The number of nitrogens with one attached hydrogen (secondary N) is 1. The summed E-state index contributed by atoms with van der Waals surface area (Å²) in [6.45, 7) is 5.82. The lowest BCUT2D eigenvalue weighted by Gasteiger charge is -2.12. The summed E-state index contributed by atoms with van der Waals surface area (Å²) in [4.78, 5) is 25.4. The molecule has 0 saturated heterocycles. The van der Waals surface area contributed by atoms with E-state index in [1.54, 1.807) is 14.0 Å². The van der Waals surface area contributed by atoms with Gasteiger partial charge in [-0.05, 0) is 50.1 Å². The molecule has 0 aliphatic carbocycles. The number of carbonyl (C=O) groups excluding carboxylic acids is 2. The minimum absolute atomic E-state index is 0.170. The Balaban J connectivity index is 1.85. The third-order valence-corrected chi connectivity index (χ3v) is 5.74. The van der Waals surface area contributed by atoms with Crippen molar-refractivity contribution in [3.63, 3.8) is 0 Å². The van der Waals surface area contributed by atoms with Crippen LogP contribution in [0.2, 0.25) is 0 Å². The molecule has 2 aromatic carbocycles. The van der Waals surface area contributed by atoms with Crippen LogP contribution in [-0.2, 0) is 16.0 Å². The van der Waals surface area contributed by atoms with Crippen LogP contribution >= 0.6 is 11.3 Å². The molecule has 1 aromatic heterocycles. The fraction of sp³-hybridized carbons (Fsp3) is 0.280. The number of rotatable bonds is 9. The number of methoxy groups -OCH3 is 1. The molecule has 3 aromatic rings. The van der Waals surface area contributed by atoms with Crippen LogP contribution in [0.3, 0.4) is 0 Å². The summed E-state index contributed by atoms with van der Waals surface area (Å²) < 4.78 is 16.4. The van der Waals surface area contributed by atoms with Crippen molar-refractivity contribution >= 4 is 28.2 Å². The topological polar surface area (TPSA) is 73.9 Å². The standard InChI is InChI=1S/C25H27NO5S/c1-5-17-8-7-9-18(13-17)31-14-22(27)26-24-23(25(28)30-6-2)20(15-32-24)19-12-16(3)10-11-21(19)29-4/h7-13,15H,5-6,14H2,1-4H3,(H,26,27). The number of hydrogen-bond donors (Lipinski definition) is 1. The highest BCUT2D eigenvalue weighted by Crippen LogP contribution is 2.40. The van der Waals surface area contributed by atoms with Crippen LogP contribution < -0.4 is 14.8 Å². The summed E-state index contributed by atoms with van der Waals surface area (Å²) >= 11 is 1.26. The van der Waals surface area contributed by atoms with Crippen LogP contribution in [-0.4, -0.2) is 32.2 Å². The van der Waals surface area contributed by atoms with Crippen LogP contribution in [0.4, 0.5) is 5.00 Å². The Morgan fingerprint density at radius 1 is 1.06 bits per heavy atom. The summed E-state index contributed by atoms with van der Waals surface area (Å²) in [6, 6.07) is 13.4. The van der Waals surface area contributed by atoms with Gasteiger partial charge in [-0.1, -0.05) is 30.7 Å². The number of carbonyl (C=O) groups is 2. The summed E-state index contributed by atoms with van der Waals surface area (Å²) in [6.07, 6.45) is 0.882. The Morgan fingerprint density at radius 2 is 1.88 bits per heavy atom. The van der Waals surface area contributed by atoms with Gasteiger partial charge in [-0.25, -0.2) is 4.79 Å². The lowest BCUT2D eigenvalue weighted by Crippen LogP contribution is -2.21. The monoisotopic (exact) mass is 453 g/mol. The molecule has 0 radical (unpaired) electrons. The van der Waals surface area contributed by atoms with Crippen molar-refractivity contribution < 1.29 is 23.8 Å². The number of hydrogen-bond acceptors (Lipinski definition) is 6. The summed E-state index contributed by atoms with van der Waals surface area (Å²) in [5.41, 5.74) is 3.88. The quantitative estimate of drug-likeness (QED) is 0.434. The molecular weight excluding hydrogens is 426 g/mol. The molecule has 0 saturated carbocycles. The molecular formula is C25H27NO5S. The second-order valence-electron chi connectivity index (χ2n) is 7.12. The van der Waals surface area contributed by atoms with Crippen molar-refractivity contribution in [2.24, 2.45) is 0 Å². The van der Waals surface area contributed by atoms with E-state index in [1.807, 2.05) is 54.8 Å². The maximum atomic E-state index is 12.8. The van der Waals surface area contributed by atoms with E-state index in [0.29, 0.717) is 27.6 Å². The van der Waals surface area contributed by atoms with Gasteiger partial charge in [0.25, 0.3) is 5.91 Å². The molecule has 7 heteroatoms. The second-order valence-corrected chi connectivity index (χ2v) is 8.00. The average molecular weight is 454 g/mol. The highest BCUT2D eigenvalue weighted by molar-refractivity contribution is 7.15. The Kier molecular flexibility index (Phi) is 7.89. The lowest BCUT2D eigenvalue weighted by molar-refractivity contribution is -0.118. The van der Waals surface area contributed by atoms with E-state index < -0.39 is 5.97 Å². The molecule has 168 valence electrons. The van der Waals surface area contributed by atoms with Crippen molar-refractivity contribution in [3.8, 4) is 22.6 Å². The minimum Gasteiger partial charge on any atom is -0.496 e. The van der Waals surface area contributed by atoms with E-state index in [-0.39, 0.29) is 19.1 Å². The summed E-state index contributed by atoms with van der Waals surface area (Å²) in [7, 11) is 1.58. The van der Waals surface area contributed by atoms with Crippen LogP contribution in [0.5, 0.6) is 11.5 Å². The van der Waals surface area contributed by atoms with Crippen molar-refractivity contribution in [3.05, 3.63) is 64.5 Å². The molecule has 0 unspecified atom stereocenters. The molecule has 1 N–H and O–H groups in total. The van der Waals surface area contributed by atoms with E-state index in [2.05, 4.69) is 12.2 Å². The number of amides is 1. The molecule has 0 atom stereocenters. The lowest BCUT2D eigenvalue weighted by atomic mass is 10.0. The molecule has 6 nitrogen and oxygen atoms in total. The molecule has 0 spiro atoms. The van der Waals surface area contributed by atoms with Gasteiger partial charge in [0, 0.05) is 16.5 Å². The highest BCUT2D eigenvalue weighted by atomic mass is 32.1. The van der Waals surface area contributed by atoms with E-state index in [4.69, 9.17) is 14.2 Å². The van der Waals surface area contributed by atoms with Crippen molar-refractivity contribution in [1.82, 2.24) is 0 Å². The van der Waals surface area contributed by atoms with Crippen LogP contribution in [0, 0.1) is 6.92 Å². The maximum absolute atomic E-state index is 12.8. The van der Waals surface area contributed by atoms with Crippen LogP contribution in [0.25, 0.3) is 11.1 Å². The first-order chi connectivity index (χ1) is 15.5. The van der Waals surface area contributed by atoms with Crippen molar-refractivity contribution in [1.29, 1.82) is 0 Å². The molecule has 1 amide bonds. The highest BCUT2D eigenvalue weighted by Gasteiger charge is 2.24. The number of thiophene rings is 1. The second kappa shape index (κ2) is 10.8. The van der Waals surface area contributed by atoms with E-state index in [9.17, 15) is 9.59 Å². The Hall–Kier alpha value is -3.32. The first-order valence-electron chi connectivity index (χ1n) is 10.4.